The van der Waals surface area contributed by atoms with E-state index in [2.05, 4.69) is 67.0 Å². The Morgan fingerprint density at radius 3 is 1.21 bits per heavy atom. The SMILES string of the molecule is CCCCCCCCCCCCCCCCCC[CH]c1cc(C(C)(C)C)c(O)c(C(C)(C)C)c1. The van der Waals surface area contributed by atoms with Crippen LogP contribution < -0.4 is 0 Å². The van der Waals surface area contributed by atoms with Crippen LogP contribution in [0.25, 0.3) is 0 Å². The fourth-order valence-electron chi connectivity index (χ4n) is 4.88. The van der Waals surface area contributed by atoms with Crippen LogP contribution in [0.5, 0.6) is 5.75 Å². The van der Waals surface area contributed by atoms with Crippen LogP contribution in [0.3, 0.4) is 0 Å². The number of unbranched alkanes of at least 4 members (excludes halogenated alkanes) is 16. The molecule has 1 radical (unpaired) electrons. The number of hydrogen-bond donors (Lipinski definition) is 1. The first-order chi connectivity index (χ1) is 16.1. The highest BCUT2D eigenvalue weighted by molar-refractivity contribution is 5.51. The highest BCUT2D eigenvalue weighted by Crippen LogP contribution is 2.40. The van der Waals surface area contributed by atoms with E-state index >= 15 is 0 Å². The Kier molecular flexibility index (Phi) is 15.2. The zero-order valence-electron chi connectivity index (χ0n) is 24.2. The van der Waals surface area contributed by atoms with E-state index in [1.54, 1.807) is 0 Å². The average molecular weight is 472 g/mol. The number of aromatic hydroxyl groups is 1. The second-order valence-corrected chi connectivity index (χ2v) is 12.8. The standard InChI is InChI=1S/C33H59O/c1-8-9-10-11-12-13-14-15-16-17-18-19-20-21-22-23-24-25-28-26-29(32(2,3)4)31(34)30(27-28)33(5,6)7/h25-27,34H,8-24H2,1-7H3. The normalized spacial score (nSPS) is 12.4. The summed E-state index contributed by atoms with van der Waals surface area (Å²) in [6, 6.07) is 4.41. The Morgan fingerprint density at radius 2 is 0.882 bits per heavy atom. The second kappa shape index (κ2) is 16.6. The number of benzene rings is 1. The zero-order valence-corrected chi connectivity index (χ0v) is 24.2. The maximum Gasteiger partial charge on any atom is 0.123 e. The summed E-state index contributed by atoms with van der Waals surface area (Å²) >= 11 is 0. The van der Waals surface area contributed by atoms with Crippen molar-refractivity contribution in [3.8, 4) is 5.75 Å². The van der Waals surface area contributed by atoms with Gasteiger partial charge in [0, 0.05) is 0 Å². The topological polar surface area (TPSA) is 20.2 Å². The van der Waals surface area contributed by atoms with Gasteiger partial charge < -0.3 is 5.11 Å². The van der Waals surface area contributed by atoms with Crippen LogP contribution in [0.1, 0.15) is 174 Å². The molecule has 0 aliphatic heterocycles. The summed E-state index contributed by atoms with van der Waals surface area (Å²) in [5.74, 6) is 0.486. The van der Waals surface area contributed by atoms with E-state index in [0.29, 0.717) is 5.75 Å². The Bertz CT molecular complexity index is 608. The fraction of sp³-hybridized carbons (Fsp3) is 0.788. The molecular weight excluding hydrogens is 412 g/mol. The van der Waals surface area contributed by atoms with Gasteiger partial charge in [0.1, 0.15) is 5.75 Å². The molecule has 0 saturated carbocycles. The third-order valence-corrected chi connectivity index (χ3v) is 7.19. The van der Waals surface area contributed by atoms with Crippen molar-refractivity contribution in [1.29, 1.82) is 0 Å². The van der Waals surface area contributed by atoms with E-state index in [9.17, 15) is 5.11 Å². The molecule has 1 aromatic carbocycles. The minimum Gasteiger partial charge on any atom is -0.507 e. The summed E-state index contributed by atoms with van der Waals surface area (Å²) in [6.45, 7) is 15.4. The maximum absolute atomic E-state index is 10.9. The monoisotopic (exact) mass is 471 g/mol. The Morgan fingerprint density at radius 1 is 0.559 bits per heavy atom. The molecule has 0 fully saturated rings. The van der Waals surface area contributed by atoms with E-state index in [1.807, 2.05) is 0 Å². The molecule has 1 N–H and O–H groups in total. The summed E-state index contributed by atoms with van der Waals surface area (Å²) in [7, 11) is 0. The summed E-state index contributed by atoms with van der Waals surface area (Å²) < 4.78 is 0. The molecule has 0 aliphatic carbocycles. The molecule has 1 heteroatoms. The molecule has 34 heavy (non-hydrogen) atoms. The van der Waals surface area contributed by atoms with Crippen molar-refractivity contribution in [2.24, 2.45) is 0 Å². The molecule has 0 spiro atoms. The predicted octanol–water partition coefficient (Wildman–Crippen LogP) is 11.2. The van der Waals surface area contributed by atoms with Gasteiger partial charge in [0.15, 0.2) is 0 Å². The number of rotatable bonds is 18. The van der Waals surface area contributed by atoms with Crippen molar-refractivity contribution in [2.45, 2.75) is 168 Å². The molecule has 197 valence electrons. The van der Waals surface area contributed by atoms with Gasteiger partial charge in [-0.25, -0.2) is 0 Å². The molecule has 1 aromatic rings. The molecule has 0 aliphatic rings. The quantitative estimate of drug-likeness (QED) is 0.211. The highest BCUT2D eigenvalue weighted by Gasteiger charge is 2.26. The fourth-order valence-corrected chi connectivity index (χ4v) is 4.88. The molecule has 1 rings (SSSR count). The summed E-state index contributed by atoms with van der Waals surface area (Å²) in [4.78, 5) is 0. The Labute approximate surface area is 214 Å². The Balaban J connectivity index is 2.15. The molecule has 0 unspecified atom stereocenters. The molecule has 0 atom stereocenters. The average Bonchev–Trinajstić information content (AvgIpc) is 2.75. The van der Waals surface area contributed by atoms with Crippen molar-refractivity contribution in [3.63, 3.8) is 0 Å². The van der Waals surface area contributed by atoms with Crippen LogP contribution in [0.2, 0.25) is 0 Å². The number of phenolic OH excluding ortho intramolecular Hbond substituents is 1. The molecule has 0 amide bonds. The van der Waals surface area contributed by atoms with Gasteiger partial charge in [0.05, 0.1) is 0 Å². The lowest BCUT2D eigenvalue weighted by Crippen LogP contribution is -2.17. The number of hydrogen-bond acceptors (Lipinski definition) is 1. The van der Waals surface area contributed by atoms with Gasteiger partial charge in [-0.05, 0) is 40.4 Å². The van der Waals surface area contributed by atoms with E-state index < -0.39 is 0 Å². The lowest BCUT2D eigenvalue weighted by atomic mass is 9.78. The zero-order chi connectivity index (χ0) is 25.5. The van der Waals surface area contributed by atoms with Gasteiger partial charge in [-0.3, -0.25) is 0 Å². The molecule has 0 bridgehead atoms. The molecule has 0 heterocycles. The van der Waals surface area contributed by atoms with Gasteiger partial charge in [-0.1, -0.05) is 163 Å². The first kappa shape index (κ1) is 31.1. The van der Waals surface area contributed by atoms with Gasteiger partial charge in [0.2, 0.25) is 0 Å². The van der Waals surface area contributed by atoms with Gasteiger partial charge in [0.25, 0.3) is 0 Å². The smallest absolute Gasteiger partial charge is 0.123 e. The number of phenols is 1. The minimum atomic E-state index is -0.0534. The van der Waals surface area contributed by atoms with Gasteiger partial charge in [-0.2, -0.15) is 0 Å². The van der Waals surface area contributed by atoms with Crippen LogP contribution in [-0.4, -0.2) is 5.11 Å². The molecular formula is C33H59O. The third-order valence-electron chi connectivity index (χ3n) is 7.19. The van der Waals surface area contributed by atoms with E-state index in [-0.39, 0.29) is 10.8 Å². The van der Waals surface area contributed by atoms with Gasteiger partial charge in [-0.15, -0.1) is 0 Å². The predicted molar refractivity (Wildman–Crippen MR) is 153 cm³/mol. The first-order valence-electron chi connectivity index (χ1n) is 14.8. The second-order valence-electron chi connectivity index (χ2n) is 12.8. The van der Waals surface area contributed by atoms with Crippen molar-refractivity contribution >= 4 is 0 Å². The van der Waals surface area contributed by atoms with Crippen molar-refractivity contribution in [1.82, 2.24) is 0 Å². The molecule has 0 aromatic heterocycles. The van der Waals surface area contributed by atoms with E-state index in [1.165, 1.54) is 108 Å². The van der Waals surface area contributed by atoms with Crippen molar-refractivity contribution in [2.75, 3.05) is 0 Å². The van der Waals surface area contributed by atoms with Crippen LogP contribution >= 0.6 is 0 Å². The van der Waals surface area contributed by atoms with Gasteiger partial charge >= 0.3 is 0 Å². The minimum absolute atomic E-state index is 0.0534. The van der Waals surface area contributed by atoms with Crippen LogP contribution in [-0.2, 0) is 10.8 Å². The largest absolute Gasteiger partial charge is 0.507 e. The summed E-state index contributed by atoms with van der Waals surface area (Å²) in [6.07, 6.45) is 26.2. The molecule has 1 nitrogen and oxygen atoms in total. The lowest BCUT2D eigenvalue weighted by molar-refractivity contribution is 0.423. The van der Waals surface area contributed by atoms with Crippen LogP contribution in [0.4, 0.5) is 0 Å². The first-order valence-corrected chi connectivity index (χ1v) is 14.8. The van der Waals surface area contributed by atoms with E-state index in [4.69, 9.17) is 0 Å². The summed E-state index contributed by atoms with van der Waals surface area (Å²) in [5, 5.41) is 10.9. The van der Waals surface area contributed by atoms with Crippen molar-refractivity contribution < 1.29 is 5.11 Å². The van der Waals surface area contributed by atoms with Crippen LogP contribution in [0, 0.1) is 6.42 Å². The Hall–Kier alpha value is -0.980. The van der Waals surface area contributed by atoms with Crippen molar-refractivity contribution in [3.05, 3.63) is 35.2 Å². The third kappa shape index (κ3) is 13.2. The lowest BCUT2D eigenvalue weighted by Gasteiger charge is -2.28. The molecule has 0 saturated heterocycles. The van der Waals surface area contributed by atoms with Crippen LogP contribution in [0.15, 0.2) is 12.1 Å². The van der Waals surface area contributed by atoms with E-state index in [0.717, 1.165) is 17.5 Å². The summed E-state index contributed by atoms with van der Waals surface area (Å²) in [5.41, 5.74) is 3.30. The highest BCUT2D eigenvalue weighted by atomic mass is 16.3. The maximum atomic E-state index is 10.9.